The minimum atomic E-state index is -3.86. The molecule has 0 radical (unpaired) electrons. The molecule has 2 aromatic carbocycles. The molecule has 0 amide bonds. The van der Waals surface area contributed by atoms with E-state index in [0.29, 0.717) is 0 Å². The fraction of sp³-hybridized carbons (Fsp3) is 0.0526. The van der Waals surface area contributed by atoms with Crippen molar-refractivity contribution in [2.24, 2.45) is 10.2 Å². The third-order valence-electron chi connectivity index (χ3n) is 3.64. The van der Waals surface area contributed by atoms with E-state index in [1.165, 1.54) is 36.4 Å². The van der Waals surface area contributed by atoms with E-state index in [2.05, 4.69) is 19.7 Å². The van der Waals surface area contributed by atoms with Crippen LogP contribution in [0.4, 0.5) is 14.5 Å². The standard InChI is InChI=1S/C19H15F2N3O4S2/c20-19(21)28-16-9-4-1-6-13(16)12-22-23-18(25)14-7-2-3-8-15(14)24-30(26,27)17-10-5-11-29-17/h1-12,19,24H,(H,23,25)/p-1/b22-12-. The smallest absolute Gasteiger partial charge is 0.387 e. The summed E-state index contributed by atoms with van der Waals surface area (Å²) in [5.74, 6) is -0.939. The van der Waals surface area contributed by atoms with Crippen molar-refractivity contribution in [1.29, 1.82) is 0 Å². The number of hydrogen-bond donors (Lipinski definition) is 1. The number of thiophene rings is 1. The van der Waals surface area contributed by atoms with Gasteiger partial charge in [0, 0.05) is 17.0 Å². The number of sulfonamides is 1. The molecule has 3 aromatic rings. The van der Waals surface area contributed by atoms with E-state index in [9.17, 15) is 22.3 Å². The minimum Gasteiger partial charge on any atom is -0.857 e. The summed E-state index contributed by atoms with van der Waals surface area (Å²) >= 11 is 1.03. The maximum Gasteiger partial charge on any atom is 0.387 e. The monoisotopic (exact) mass is 450 g/mol. The van der Waals surface area contributed by atoms with E-state index >= 15 is 0 Å². The van der Waals surface area contributed by atoms with Gasteiger partial charge in [0.25, 0.3) is 10.0 Å². The summed E-state index contributed by atoms with van der Waals surface area (Å²) in [6.45, 7) is -3.01. The van der Waals surface area contributed by atoms with Gasteiger partial charge in [0.2, 0.25) is 0 Å². The predicted molar refractivity (Wildman–Crippen MR) is 109 cm³/mol. The minimum absolute atomic E-state index is 0.0214. The molecular formula is C19H14F2N3O4S2-. The summed E-state index contributed by atoms with van der Waals surface area (Å²) in [4.78, 5) is 0. The Hall–Kier alpha value is -3.31. The lowest BCUT2D eigenvalue weighted by Gasteiger charge is -2.15. The van der Waals surface area contributed by atoms with Gasteiger partial charge in [0.1, 0.15) is 9.96 Å². The van der Waals surface area contributed by atoms with Crippen LogP contribution in [0.3, 0.4) is 0 Å². The first-order valence-electron chi connectivity index (χ1n) is 8.34. The molecule has 7 nitrogen and oxygen atoms in total. The zero-order valence-electron chi connectivity index (χ0n) is 15.1. The Kier molecular flexibility index (Phi) is 6.75. The van der Waals surface area contributed by atoms with Crippen LogP contribution in [0.25, 0.3) is 0 Å². The average molecular weight is 450 g/mol. The van der Waals surface area contributed by atoms with E-state index in [4.69, 9.17) is 0 Å². The number of halogens is 2. The topological polar surface area (TPSA) is 103 Å². The molecule has 0 fully saturated rings. The summed E-state index contributed by atoms with van der Waals surface area (Å²) in [6, 6.07) is 14.8. The van der Waals surface area contributed by atoms with Gasteiger partial charge in [-0.05, 0) is 29.6 Å². The van der Waals surface area contributed by atoms with Crippen LogP contribution in [-0.2, 0) is 10.0 Å². The van der Waals surface area contributed by atoms with E-state index in [0.717, 1.165) is 17.6 Å². The molecule has 11 heteroatoms. The SMILES string of the molecule is O=S(=O)(Nc1ccccc1C([O-])=N/N=C\c1ccccc1OC(F)F)c1cccs1. The van der Waals surface area contributed by atoms with E-state index in [-0.39, 0.29) is 26.8 Å². The zero-order valence-corrected chi connectivity index (χ0v) is 16.7. The van der Waals surface area contributed by atoms with Crippen molar-refractivity contribution in [1.82, 2.24) is 0 Å². The molecule has 1 heterocycles. The van der Waals surface area contributed by atoms with Crippen molar-refractivity contribution >= 4 is 39.2 Å². The third-order valence-corrected chi connectivity index (χ3v) is 6.41. The summed E-state index contributed by atoms with van der Waals surface area (Å²) < 4.78 is 56.6. The highest BCUT2D eigenvalue weighted by Gasteiger charge is 2.16. The van der Waals surface area contributed by atoms with Gasteiger partial charge >= 0.3 is 6.61 Å². The average Bonchev–Trinajstić information content (AvgIpc) is 3.25. The summed E-state index contributed by atoms with van der Waals surface area (Å²) in [5.41, 5.74) is 0.212. The molecule has 0 bridgehead atoms. The van der Waals surface area contributed by atoms with Gasteiger partial charge in [0.05, 0.1) is 11.9 Å². The van der Waals surface area contributed by atoms with Crippen molar-refractivity contribution in [3.8, 4) is 5.75 Å². The van der Waals surface area contributed by atoms with Crippen LogP contribution >= 0.6 is 11.3 Å². The van der Waals surface area contributed by atoms with E-state index in [1.54, 1.807) is 29.6 Å². The predicted octanol–water partition coefficient (Wildman–Crippen LogP) is 3.29. The fourth-order valence-electron chi connectivity index (χ4n) is 2.36. The number of alkyl halides is 2. The first kappa shape index (κ1) is 21.4. The molecule has 0 saturated carbocycles. The van der Waals surface area contributed by atoms with Gasteiger partial charge in [-0.15, -0.1) is 11.3 Å². The van der Waals surface area contributed by atoms with Crippen LogP contribution in [0.1, 0.15) is 11.1 Å². The lowest BCUT2D eigenvalue weighted by atomic mass is 10.2. The lowest BCUT2D eigenvalue weighted by molar-refractivity contribution is -0.213. The second kappa shape index (κ2) is 9.46. The Morgan fingerprint density at radius 3 is 2.57 bits per heavy atom. The molecule has 0 aliphatic carbocycles. The summed E-state index contributed by atoms with van der Waals surface area (Å²) in [6.07, 6.45) is 1.09. The first-order valence-corrected chi connectivity index (χ1v) is 10.7. The van der Waals surface area contributed by atoms with Crippen molar-refractivity contribution in [2.45, 2.75) is 10.8 Å². The number of para-hydroxylation sites is 2. The summed E-state index contributed by atoms with van der Waals surface area (Å²) in [7, 11) is -3.86. The highest BCUT2D eigenvalue weighted by Crippen LogP contribution is 2.23. The highest BCUT2D eigenvalue weighted by atomic mass is 32.2. The molecule has 3 rings (SSSR count). The number of rotatable bonds is 8. The molecule has 1 N–H and O–H groups in total. The number of benzene rings is 2. The maximum absolute atomic E-state index is 12.5. The van der Waals surface area contributed by atoms with Gasteiger partial charge < -0.3 is 9.84 Å². The van der Waals surface area contributed by atoms with Crippen molar-refractivity contribution in [3.05, 3.63) is 77.2 Å². The molecular weight excluding hydrogens is 436 g/mol. The van der Waals surface area contributed by atoms with Crippen LogP contribution in [0, 0.1) is 0 Å². The third kappa shape index (κ3) is 5.39. The highest BCUT2D eigenvalue weighted by molar-refractivity contribution is 7.94. The van der Waals surface area contributed by atoms with E-state index < -0.39 is 22.5 Å². The van der Waals surface area contributed by atoms with Gasteiger partial charge in [-0.2, -0.15) is 19.0 Å². The maximum atomic E-state index is 12.5. The number of nitrogens with zero attached hydrogens (tertiary/aromatic N) is 2. The zero-order chi connectivity index (χ0) is 21.6. The number of nitrogens with one attached hydrogen (secondary N) is 1. The Morgan fingerprint density at radius 1 is 1.10 bits per heavy atom. The molecule has 156 valence electrons. The molecule has 0 aliphatic heterocycles. The van der Waals surface area contributed by atoms with Gasteiger partial charge in [-0.1, -0.05) is 36.4 Å². The molecule has 0 saturated heterocycles. The van der Waals surface area contributed by atoms with Crippen LogP contribution < -0.4 is 14.6 Å². The quantitative estimate of drug-likeness (QED) is 0.323. The number of ether oxygens (including phenoxy) is 1. The number of anilines is 1. The molecule has 0 spiro atoms. The van der Waals surface area contributed by atoms with Crippen LogP contribution in [0.15, 0.2) is 80.5 Å². The van der Waals surface area contributed by atoms with Crippen LogP contribution in [0.5, 0.6) is 5.75 Å². The molecule has 0 unspecified atom stereocenters. The molecule has 30 heavy (non-hydrogen) atoms. The second-order valence-corrected chi connectivity index (χ2v) is 8.51. The van der Waals surface area contributed by atoms with E-state index in [1.807, 2.05) is 0 Å². The molecule has 0 aliphatic rings. The fourth-order valence-corrected chi connectivity index (χ4v) is 4.43. The van der Waals surface area contributed by atoms with Crippen molar-refractivity contribution in [3.63, 3.8) is 0 Å². The Balaban J connectivity index is 1.84. The normalized spacial score (nSPS) is 12.4. The van der Waals surface area contributed by atoms with Crippen LogP contribution in [0.2, 0.25) is 0 Å². The molecule has 0 atom stereocenters. The summed E-state index contributed by atoms with van der Waals surface area (Å²) in [5, 5.41) is 21.2. The van der Waals surface area contributed by atoms with Crippen molar-refractivity contribution in [2.75, 3.05) is 4.72 Å². The van der Waals surface area contributed by atoms with Gasteiger partial charge in [-0.25, -0.2) is 8.42 Å². The Bertz CT molecular complexity index is 1160. The lowest BCUT2D eigenvalue weighted by Crippen LogP contribution is -2.22. The first-order chi connectivity index (χ1) is 14.4. The van der Waals surface area contributed by atoms with Crippen LogP contribution in [-0.4, -0.2) is 27.1 Å². The molecule has 1 aromatic heterocycles. The van der Waals surface area contributed by atoms with Gasteiger partial charge in [0.15, 0.2) is 0 Å². The van der Waals surface area contributed by atoms with Crippen molar-refractivity contribution < 1.29 is 27.0 Å². The largest absolute Gasteiger partial charge is 0.857 e. The Labute approximate surface area is 175 Å². The number of hydrogen-bond acceptors (Lipinski definition) is 7. The van der Waals surface area contributed by atoms with Gasteiger partial charge in [-0.3, -0.25) is 4.72 Å². The second-order valence-electron chi connectivity index (χ2n) is 5.65. The Morgan fingerprint density at radius 2 is 1.83 bits per heavy atom.